The fourth-order valence-corrected chi connectivity index (χ4v) is 2.56. The van der Waals surface area contributed by atoms with Crippen molar-refractivity contribution in [3.63, 3.8) is 0 Å². The molecule has 0 atom stereocenters. The SMILES string of the molecule is CCCN(c1ccc(Cl)cc1CNCC)C1CC1. The lowest BCUT2D eigenvalue weighted by Crippen LogP contribution is -2.28. The molecule has 0 bridgehead atoms. The zero-order valence-electron chi connectivity index (χ0n) is 11.4. The Morgan fingerprint density at radius 2 is 2.11 bits per heavy atom. The van der Waals surface area contributed by atoms with Crippen molar-refractivity contribution in [2.75, 3.05) is 18.0 Å². The van der Waals surface area contributed by atoms with Crippen LogP contribution in [0.2, 0.25) is 5.02 Å². The average molecular weight is 267 g/mol. The second-order valence-electron chi connectivity index (χ2n) is 4.98. The van der Waals surface area contributed by atoms with Crippen molar-refractivity contribution in [3.05, 3.63) is 28.8 Å². The van der Waals surface area contributed by atoms with Crippen molar-refractivity contribution in [1.82, 2.24) is 5.32 Å². The molecule has 18 heavy (non-hydrogen) atoms. The molecule has 1 aliphatic carbocycles. The molecule has 0 saturated heterocycles. The smallest absolute Gasteiger partial charge is 0.0415 e. The summed E-state index contributed by atoms with van der Waals surface area (Å²) in [6.45, 7) is 7.41. The monoisotopic (exact) mass is 266 g/mol. The lowest BCUT2D eigenvalue weighted by atomic mass is 10.1. The first kappa shape index (κ1) is 13.7. The van der Waals surface area contributed by atoms with Crippen molar-refractivity contribution in [3.8, 4) is 0 Å². The Bertz CT molecular complexity index is 388. The number of anilines is 1. The van der Waals surface area contributed by atoms with E-state index in [-0.39, 0.29) is 0 Å². The third kappa shape index (κ3) is 3.39. The zero-order chi connectivity index (χ0) is 13.0. The predicted molar refractivity (Wildman–Crippen MR) is 79.5 cm³/mol. The van der Waals surface area contributed by atoms with Gasteiger partial charge in [-0.1, -0.05) is 25.4 Å². The number of rotatable bonds is 7. The van der Waals surface area contributed by atoms with Crippen LogP contribution in [0.5, 0.6) is 0 Å². The molecule has 1 N–H and O–H groups in total. The zero-order valence-corrected chi connectivity index (χ0v) is 12.1. The van der Waals surface area contributed by atoms with E-state index in [1.807, 2.05) is 6.07 Å². The Kier molecular flexibility index (Phi) is 4.90. The summed E-state index contributed by atoms with van der Waals surface area (Å²) in [4.78, 5) is 2.56. The summed E-state index contributed by atoms with van der Waals surface area (Å²) < 4.78 is 0. The van der Waals surface area contributed by atoms with Crippen LogP contribution in [0.15, 0.2) is 18.2 Å². The standard InChI is InChI=1S/C15H23ClN2/c1-3-9-18(14-6-7-14)15-8-5-13(16)10-12(15)11-17-4-2/h5,8,10,14,17H,3-4,6-7,9,11H2,1-2H3. The molecule has 1 aromatic rings. The van der Waals surface area contributed by atoms with Gasteiger partial charge in [-0.15, -0.1) is 0 Å². The second kappa shape index (κ2) is 6.44. The van der Waals surface area contributed by atoms with Crippen molar-refractivity contribution < 1.29 is 0 Å². The molecule has 1 fully saturated rings. The van der Waals surface area contributed by atoms with Crippen molar-refractivity contribution >= 4 is 17.3 Å². The quantitative estimate of drug-likeness (QED) is 0.807. The molecule has 2 nitrogen and oxygen atoms in total. The van der Waals surface area contributed by atoms with E-state index in [9.17, 15) is 0 Å². The van der Waals surface area contributed by atoms with Gasteiger partial charge in [0, 0.05) is 29.8 Å². The highest BCUT2D eigenvalue weighted by atomic mass is 35.5. The van der Waals surface area contributed by atoms with Gasteiger partial charge in [0.25, 0.3) is 0 Å². The highest BCUT2D eigenvalue weighted by Gasteiger charge is 2.29. The van der Waals surface area contributed by atoms with Gasteiger partial charge in [-0.25, -0.2) is 0 Å². The molecule has 3 heteroatoms. The second-order valence-corrected chi connectivity index (χ2v) is 5.41. The van der Waals surface area contributed by atoms with Gasteiger partial charge in [0.05, 0.1) is 0 Å². The molecule has 1 saturated carbocycles. The normalized spacial score (nSPS) is 14.8. The Morgan fingerprint density at radius 3 is 2.72 bits per heavy atom. The highest BCUT2D eigenvalue weighted by molar-refractivity contribution is 6.30. The Balaban J connectivity index is 2.22. The van der Waals surface area contributed by atoms with Gasteiger partial charge in [-0.2, -0.15) is 0 Å². The van der Waals surface area contributed by atoms with Crippen LogP contribution in [0.4, 0.5) is 5.69 Å². The maximum atomic E-state index is 6.13. The molecule has 0 aliphatic heterocycles. The number of nitrogens with one attached hydrogen (secondary N) is 1. The van der Waals surface area contributed by atoms with E-state index in [1.165, 1.54) is 30.5 Å². The minimum Gasteiger partial charge on any atom is -0.368 e. The third-order valence-electron chi connectivity index (χ3n) is 3.37. The molecule has 1 aliphatic rings. The fourth-order valence-electron chi connectivity index (χ4n) is 2.36. The summed E-state index contributed by atoms with van der Waals surface area (Å²) in [6, 6.07) is 7.05. The highest BCUT2D eigenvalue weighted by Crippen LogP contribution is 2.34. The van der Waals surface area contributed by atoms with Gasteiger partial charge in [0.15, 0.2) is 0 Å². The minimum absolute atomic E-state index is 0.756. The molecule has 2 rings (SSSR count). The van der Waals surface area contributed by atoms with Crippen LogP contribution >= 0.6 is 11.6 Å². The minimum atomic E-state index is 0.756. The van der Waals surface area contributed by atoms with Crippen molar-refractivity contribution in [1.29, 1.82) is 0 Å². The van der Waals surface area contributed by atoms with E-state index >= 15 is 0 Å². The van der Waals surface area contributed by atoms with E-state index < -0.39 is 0 Å². The predicted octanol–water partition coefficient (Wildman–Crippen LogP) is 3.83. The van der Waals surface area contributed by atoms with E-state index in [1.54, 1.807) is 0 Å². The molecule has 0 unspecified atom stereocenters. The van der Waals surface area contributed by atoms with Gasteiger partial charge < -0.3 is 10.2 Å². The molecule has 0 amide bonds. The molecule has 0 aromatic heterocycles. The number of nitrogens with zero attached hydrogens (tertiary/aromatic N) is 1. The number of halogens is 1. The third-order valence-corrected chi connectivity index (χ3v) is 3.60. The fraction of sp³-hybridized carbons (Fsp3) is 0.600. The summed E-state index contributed by atoms with van der Waals surface area (Å²) in [6.07, 6.45) is 3.87. The Hall–Kier alpha value is -0.730. The van der Waals surface area contributed by atoms with Gasteiger partial charge >= 0.3 is 0 Å². The van der Waals surface area contributed by atoms with Gasteiger partial charge in [-0.3, -0.25) is 0 Å². The maximum Gasteiger partial charge on any atom is 0.0415 e. The maximum absolute atomic E-state index is 6.13. The summed E-state index contributed by atoms with van der Waals surface area (Å²) in [5.74, 6) is 0. The van der Waals surface area contributed by atoms with Crippen LogP contribution in [0.1, 0.15) is 38.7 Å². The van der Waals surface area contributed by atoms with Gasteiger partial charge in [0.2, 0.25) is 0 Å². The molecule has 0 heterocycles. The van der Waals surface area contributed by atoms with E-state index in [0.29, 0.717) is 0 Å². The van der Waals surface area contributed by atoms with Crippen LogP contribution in [0.25, 0.3) is 0 Å². The lowest BCUT2D eigenvalue weighted by Gasteiger charge is -2.27. The van der Waals surface area contributed by atoms with Crippen molar-refractivity contribution in [2.45, 2.75) is 45.7 Å². The van der Waals surface area contributed by atoms with E-state index in [4.69, 9.17) is 11.6 Å². The summed E-state index contributed by atoms with van der Waals surface area (Å²) in [7, 11) is 0. The first-order chi connectivity index (χ1) is 8.76. The van der Waals surface area contributed by atoms with Crippen LogP contribution in [0, 0.1) is 0 Å². The first-order valence-corrected chi connectivity index (χ1v) is 7.39. The average Bonchev–Trinajstić information content (AvgIpc) is 3.18. The van der Waals surface area contributed by atoms with E-state index in [0.717, 1.165) is 30.7 Å². The van der Waals surface area contributed by atoms with Crippen molar-refractivity contribution in [2.24, 2.45) is 0 Å². The van der Waals surface area contributed by atoms with Crippen LogP contribution in [-0.4, -0.2) is 19.1 Å². The van der Waals surface area contributed by atoms with Crippen LogP contribution in [-0.2, 0) is 6.54 Å². The molecule has 1 aromatic carbocycles. The van der Waals surface area contributed by atoms with Gasteiger partial charge in [-0.05, 0) is 49.6 Å². The van der Waals surface area contributed by atoms with Crippen LogP contribution in [0.3, 0.4) is 0 Å². The lowest BCUT2D eigenvalue weighted by molar-refractivity contribution is 0.710. The number of hydrogen-bond donors (Lipinski definition) is 1. The summed E-state index contributed by atoms with van der Waals surface area (Å²) in [5.41, 5.74) is 2.69. The topological polar surface area (TPSA) is 15.3 Å². The van der Waals surface area contributed by atoms with E-state index in [2.05, 4.69) is 36.2 Å². The molecular weight excluding hydrogens is 244 g/mol. The molecule has 0 radical (unpaired) electrons. The summed E-state index contributed by atoms with van der Waals surface area (Å²) in [5, 5.41) is 4.24. The van der Waals surface area contributed by atoms with Crippen LogP contribution < -0.4 is 10.2 Å². The molecule has 0 spiro atoms. The number of benzene rings is 1. The Labute approximate surface area is 115 Å². The summed E-state index contributed by atoms with van der Waals surface area (Å²) >= 11 is 6.13. The first-order valence-electron chi connectivity index (χ1n) is 7.02. The Morgan fingerprint density at radius 1 is 1.33 bits per heavy atom. The largest absolute Gasteiger partial charge is 0.368 e. The number of hydrogen-bond acceptors (Lipinski definition) is 2. The molecule has 100 valence electrons. The molecular formula is C15H23ClN2. The van der Waals surface area contributed by atoms with Gasteiger partial charge in [0.1, 0.15) is 0 Å².